The number of fused-ring (bicyclic) bond motifs is 1. The minimum absolute atomic E-state index is 0.0201. The van der Waals surface area contributed by atoms with E-state index in [1.54, 1.807) is 16.9 Å². The van der Waals surface area contributed by atoms with Crippen LogP contribution in [0.15, 0.2) is 68.5 Å². The van der Waals surface area contributed by atoms with E-state index < -0.39 is 0 Å². The fourth-order valence-corrected chi connectivity index (χ4v) is 5.75. The SMILES string of the molecule is O=C(CSc1nc2scc(-c3ccco3)c2c(=O)n1-c1ccccc1)NC1CCCC1. The zero-order valence-corrected chi connectivity index (χ0v) is 18.4. The second kappa shape index (κ2) is 8.72. The van der Waals surface area contributed by atoms with Crippen molar-refractivity contribution in [3.63, 3.8) is 0 Å². The summed E-state index contributed by atoms with van der Waals surface area (Å²) in [5, 5.41) is 6.04. The van der Waals surface area contributed by atoms with Crippen LogP contribution in [0.2, 0.25) is 0 Å². The number of carbonyl (C=O) groups excluding carboxylic acids is 1. The summed E-state index contributed by atoms with van der Waals surface area (Å²) in [4.78, 5) is 31.5. The van der Waals surface area contributed by atoms with Crippen LogP contribution in [0.5, 0.6) is 0 Å². The van der Waals surface area contributed by atoms with Crippen LogP contribution < -0.4 is 10.9 Å². The molecule has 0 aliphatic heterocycles. The van der Waals surface area contributed by atoms with Crippen LogP contribution in [0, 0.1) is 0 Å². The van der Waals surface area contributed by atoms with E-state index in [1.165, 1.54) is 35.9 Å². The van der Waals surface area contributed by atoms with Crippen molar-refractivity contribution in [2.75, 3.05) is 5.75 Å². The predicted octanol–water partition coefficient (Wildman–Crippen LogP) is 4.86. The molecule has 3 heterocycles. The molecule has 1 N–H and O–H groups in total. The maximum absolute atomic E-state index is 13.6. The number of furan rings is 1. The lowest BCUT2D eigenvalue weighted by Crippen LogP contribution is -2.34. The van der Waals surface area contributed by atoms with Crippen LogP contribution in [0.25, 0.3) is 27.2 Å². The third kappa shape index (κ3) is 4.05. The number of thiophene rings is 1. The Morgan fingerprint density at radius 3 is 2.74 bits per heavy atom. The molecule has 1 amide bonds. The molecular weight excluding hydrogens is 430 g/mol. The molecule has 1 aromatic carbocycles. The van der Waals surface area contributed by atoms with Gasteiger partial charge in [-0.15, -0.1) is 11.3 Å². The molecule has 31 heavy (non-hydrogen) atoms. The molecule has 0 bridgehead atoms. The molecule has 0 radical (unpaired) electrons. The first kappa shape index (κ1) is 20.1. The van der Waals surface area contributed by atoms with E-state index in [2.05, 4.69) is 5.32 Å². The van der Waals surface area contributed by atoms with Crippen molar-refractivity contribution >= 4 is 39.2 Å². The van der Waals surface area contributed by atoms with Crippen molar-refractivity contribution in [1.82, 2.24) is 14.9 Å². The molecule has 0 atom stereocenters. The van der Waals surface area contributed by atoms with Crippen molar-refractivity contribution in [3.05, 3.63) is 64.5 Å². The highest BCUT2D eigenvalue weighted by Crippen LogP contribution is 2.33. The Bertz CT molecular complexity index is 1260. The smallest absolute Gasteiger partial charge is 0.268 e. The number of carbonyl (C=O) groups is 1. The summed E-state index contributed by atoms with van der Waals surface area (Å²) in [6.07, 6.45) is 6.01. The first-order chi connectivity index (χ1) is 15.2. The van der Waals surface area contributed by atoms with E-state index >= 15 is 0 Å². The molecule has 1 fully saturated rings. The van der Waals surface area contributed by atoms with Crippen LogP contribution in [0.4, 0.5) is 0 Å². The lowest BCUT2D eigenvalue weighted by atomic mass is 10.2. The summed E-state index contributed by atoms with van der Waals surface area (Å²) < 4.78 is 7.12. The standard InChI is InChI=1S/C23H21N3O3S2/c27-19(24-15-7-4-5-8-15)14-31-23-25-21-20(17(13-30-21)18-11-6-12-29-18)22(28)26(23)16-9-2-1-3-10-16/h1-3,6,9-13,15H,4-5,7-8,14H2,(H,24,27). The van der Waals surface area contributed by atoms with Gasteiger partial charge in [0.25, 0.3) is 5.56 Å². The maximum Gasteiger partial charge on any atom is 0.268 e. The summed E-state index contributed by atoms with van der Waals surface area (Å²) in [6, 6.07) is 13.3. The van der Waals surface area contributed by atoms with Crippen LogP contribution in [-0.4, -0.2) is 27.3 Å². The molecule has 0 saturated heterocycles. The Labute approximate surface area is 187 Å². The summed E-state index contributed by atoms with van der Waals surface area (Å²) in [5.41, 5.74) is 1.29. The van der Waals surface area contributed by atoms with Gasteiger partial charge in [0.1, 0.15) is 10.6 Å². The summed E-state index contributed by atoms with van der Waals surface area (Å²) in [5.74, 6) is 0.840. The van der Waals surface area contributed by atoms with Crippen molar-refractivity contribution < 1.29 is 9.21 Å². The van der Waals surface area contributed by atoms with Gasteiger partial charge in [0.15, 0.2) is 5.16 Å². The van der Waals surface area contributed by atoms with Crippen molar-refractivity contribution in [1.29, 1.82) is 0 Å². The third-order valence-electron chi connectivity index (χ3n) is 5.43. The molecule has 158 valence electrons. The lowest BCUT2D eigenvalue weighted by Gasteiger charge is -2.14. The van der Waals surface area contributed by atoms with E-state index in [1.807, 2.05) is 41.8 Å². The molecule has 3 aromatic heterocycles. The largest absolute Gasteiger partial charge is 0.464 e. The van der Waals surface area contributed by atoms with Crippen LogP contribution >= 0.6 is 23.1 Å². The van der Waals surface area contributed by atoms with E-state index in [0.717, 1.165) is 24.1 Å². The number of benzene rings is 1. The second-order valence-electron chi connectivity index (χ2n) is 7.51. The molecule has 0 spiro atoms. The molecule has 6 nitrogen and oxygen atoms in total. The number of para-hydroxylation sites is 1. The predicted molar refractivity (Wildman–Crippen MR) is 124 cm³/mol. The number of rotatable bonds is 6. The van der Waals surface area contributed by atoms with Gasteiger partial charge in [0, 0.05) is 17.0 Å². The maximum atomic E-state index is 13.6. The molecule has 1 aliphatic carbocycles. The number of thioether (sulfide) groups is 1. The number of nitrogens with zero attached hydrogens (tertiary/aromatic N) is 2. The van der Waals surface area contributed by atoms with Crippen molar-refractivity contribution in [2.45, 2.75) is 36.9 Å². The van der Waals surface area contributed by atoms with Gasteiger partial charge in [-0.05, 0) is 37.1 Å². The quantitative estimate of drug-likeness (QED) is 0.335. The van der Waals surface area contributed by atoms with Gasteiger partial charge in [-0.25, -0.2) is 4.98 Å². The number of amides is 1. The summed E-state index contributed by atoms with van der Waals surface area (Å²) in [7, 11) is 0. The molecule has 1 saturated carbocycles. The number of nitrogens with one attached hydrogen (secondary N) is 1. The highest BCUT2D eigenvalue weighted by atomic mass is 32.2. The molecule has 5 rings (SSSR count). The van der Waals surface area contributed by atoms with Gasteiger partial charge < -0.3 is 9.73 Å². The first-order valence-electron chi connectivity index (χ1n) is 10.3. The van der Waals surface area contributed by atoms with Crippen LogP contribution in [0.3, 0.4) is 0 Å². The molecule has 1 aliphatic rings. The fourth-order valence-electron chi connectivity index (χ4n) is 3.96. The topological polar surface area (TPSA) is 77.1 Å². The Hall–Kier alpha value is -2.84. The van der Waals surface area contributed by atoms with E-state index in [-0.39, 0.29) is 23.3 Å². The van der Waals surface area contributed by atoms with Gasteiger partial charge in [-0.3, -0.25) is 14.2 Å². The number of hydrogen-bond acceptors (Lipinski definition) is 6. The Balaban J connectivity index is 1.54. The van der Waals surface area contributed by atoms with Gasteiger partial charge >= 0.3 is 0 Å². The fraction of sp³-hybridized carbons (Fsp3) is 0.261. The number of hydrogen-bond donors (Lipinski definition) is 1. The lowest BCUT2D eigenvalue weighted by molar-refractivity contribution is -0.119. The Morgan fingerprint density at radius 1 is 1.19 bits per heavy atom. The summed E-state index contributed by atoms with van der Waals surface area (Å²) in [6.45, 7) is 0. The Kier molecular flexibility index (Phi) is 5.65. The summed E-state index contributed by atoms with van der Waals surface area (Å²) >= 11 is 2.70. The van der Waals surface area contributed by atoms with Gasteiger partial charge in [0.05, 0.1) is 23.1 Å². The van der Waals surface area contributed by atoms with Crippen LogP contribution in [0.1, 0.15) is 25.7 Å². The zero-order chi connectivity index (χ0) is 21.2. The molecule has 8 heteroatoms. The van der Waals surface area contributed by atoms with Gasteiger partial charge in [-0.1, -0.05) is 42.8 Å². The van der Waals surface area contributed by atoms with E-state index in [0.29, 0.717) is 21.1 Å². The van der Waals surface area contributed by atoms with E-state index in [9.17, 15) is 9.59 Å². The van der Waals surface area contributed by atoms with E-state index in [4.69, 9.17) is 9.40 Å². The van der Waals surface area contributed by atoms with Gasteiger partial charge in [-0.2, -0.15) is 0 Å². The molecular formula is C23H21N3O3S2. The zero-order valence-electron chi connectivity index (χ0n) is 16.7. The minimum atomic E-state index is -0.164. The Morgan fingerprint density at radius 2 is 2.00 bits per heavy atom. The number of aromatic nitrogens is 2. The highest BCUT2D eigenvalue weighted by molar-refractivity contribution is 7.99. The van der Waals surface area contributed by atoms with Crippen LogP contribution in [-0.2, 0) is 4.79 Å². The second-order valence-corrected chi connectivity index (χ2v) is 9.32. The molecule has 4 aromatic rings. The van der Waals surface area contributed by atoms with Gasteiger partial charge in [0.2, 0.25) is 5.91 Å². The third-order valence-corrected chi connectivity index (χ3v) is 7.24. The molecule has 0 unspecified atom stereocenters. The average molecular weight is 452 g/mol. The van der Waals surface area contributed by atoms with Crippen molar-refractivity contribution in [2.24, 2.45) is 0 Å². The first-order valence-corrected chi connectivity index (χ1v) is 12.1. The van der Waals surface area contributed by atoms with Crippen molar-refractivity contribution in [3.8, 4) is 17.0 Å². The minimum Gasteiger partial charge on any atom is -0.464 e. The normalized spacial score (nSPS) is 14.3. The monoisotopic (exact) mass is 451 g/mol. The average Bonchev–Trinajstić information content (AvgIpc) is 3.54. The highest BCUT2D eigenvalue weighted by Gasteiger charge is 2.21.